The van der Waals surface area contributed by atoms with Crippen molar-refractivity contribution in [3.05, 3.63) is 102 Å². The molecule has 1 fully saturated rings. The number of hydrogen-bond acceptors (Lipinski definition) is 4. The van der Waals surface area contributed by atoms with Crippen LogP contribution < -0.4 is 15.0 Å². The Morgan fingerprint density at radius 2 is 1.73 bits per heavy atom. The summed E-state index contributed by atoms with van der Waals surface area (Å²) in [7, 11) is 1.67. The Labute approximate surface area is 198 Å². The molecular formula is C26H25N5OS. The second kappa shape index (κ2) is 8.67. The number of rotatable bonds is 5. The minimum atomic E-state index is -0.109. The van der Waals surface area contributed by atoms with Crippen molar-refractivity contribution in [2.45, 2.75) is 25.9 Å². The lowest BCUT2D eigenvalue weighted by atomic mass is 9.96. The molecule has 0 saturated carbocycles. The highest BCUT2D eigenvalue weighted by molar-refractivity contribution is 7.80. The molecule has 0 radical (unpaired) electrons. The average molecular weight is 456 g/mol. The van der Waals surface area contributed by atoms with E-state index < -0.39 is 0 Å². The third kappa shape index (κ3) is 3.74. The first kappa shape index (κ1) is 21.2. The maximum absolute atomic E-state index is 5.86. The molecule has 2 atom stereocenters. The standard InChI is InChI=1S/C26H25N5OS/c1-17-15-21(18(2)30(17)23-12-5-7-14-28-23)25-24(22-11-4-6-13-27-22)29-26(33)31(25)19-9-8-10-20(16-19)32-3/h4-16,24-25H,1-3H3,(H,29,33)/t24-,25-/m1/s1. The quantitative estimate of drug-likeness (QED) is 0.424. The van der Waals surface area contributed by atoms with Crippen LogP contribution in [0.2, 0.25) is 0 Å². The number of methoxy groups -OCH3 is 1. The van der Waals surface area contributed by atoms with Gasteiger partial charge in [-0.15, -0.1) is 0 Å². The van der Waals surface area contributed by atoms with Crippen molar-refractivity contribution >= 4 is 23.0 Å². The number of ether oxygens (including phenoxy) is 1. The number of thiocarbonyl (C=S) groups is 1. The highest BCUT2D eigenvalue weighted by Crippen LogP contribution is 2.44. The van der Waals surface area contributed by atoms with Crippen LogP contribution in [0.3, 0.4) is 0 Å². The Kier molecular flexibility index (Phi) is 5.56. The number of hydrogen-bond donors (Lipinski definition) is 1. The zero-order valence-corrected chi connectivity index (χ0v) is 19.6. The minimum absolute atomic E-state index is 0.0943. The van der Waals surface area contributed by atoms with E-state index in [2.05, 4.69) is 50.7 Å². The van der Waals surface area contributed by atoms with Crippen LogP contribution in [-0.2, 0) is 0 Å². The van der Waals surface area contributed by atoms with Gasteiger partial charge in [-0.1, -0.05) is 18.2 Å². The molecule has 1 aliphatic heterocycles. The molecule has 1 N–H and O–H groups in total. The van der Waals surface area contributed by atoms with E-state index in [1.54, 1.807) is 7.11 Å². The van der Waals surface area contributed by atoms with Crippen LogP contribution in [0.15, 0.2) is 79.1 Å². The predicted octanol–water partition coefficient (Wildman–Crippen LogP) is 5.07. The third-order valence-corrected chi connectivity index (χ3v) is 6.41. The van der Waals surface area contributed by atoms with Gasteiger partial charge < -0.3 is 19.5 Å². The Morgan fingerprint density at radius 3 is 2.42 bits per heavy atom. The van der Waals surface area contributed by atoms with Gasteiger partial charge in [0.05, 0.1) is 24.9 Å². The van der Waals surface area contributed by atoms with E-state index in [4.69, 9.17) is 17.0 Å². The summed E-state index contributed by atoms with van der Waals surface area (Å²) in [5, 5.41) is 4.19. The topological polar surface area (TPSA) is 55.2 Å². The lowest BCUT2D eigenvalue weighted by Gasteiger charge is -2.28. The molecule has 1 saturated heterocycles. The van der Waals surface area contributed by atoms with E-state index in [-0.39, 0.29) is 12.1 Å². The van der Waals surface area contributed by atoms with Crippen molar-refractivity contribution in [2.24, 2.45) is 0 Å². The molecule has 33 heavy (non-hydrogen) atoms. The second-order valence-electron chi connectivity index (χ2n) is 8.05. The van der Waals surface area contributed by atoms with Gasteiger partial charge in [0.15, 0.2) is 5.11 Å². The molecule has 5 rings (SSSR count). The lowest BCUT2D eigenvalue weighted by molar-refractivity contribution is 0.415. The number of aromatic nitrogens is 3. The molecule has 7 heteroatoms. The molecule has 0 aliphatic carbocycles. The Balaban J connectivity index is 1.68. The largest absolute Gasteiger partial charge is 0.497 e. The molecule has 0 bridgehead atoms. The fourth-order valence-electron chi connectivity index (χ4n) is 4.63. The van der Waals surface area contributed by atoms with Gasteiger partial charge in [-0.25, -0.2) is 4.98 Å². The van der Waals surface area contributed by atoms with E-state index in [1.807, 2.05) is 67.0 Å². The monoisotopic (exact) mass is 455 g/mol. The Bertz CT molecular complexity index is 1290. The highest BCUT2D eigenvalue weighted by Gasteiger charge is 2.42. The fourth-order valence-corrected chi connectivity index (χ4v) is 4.98. The average Bonchev–Trinajstić information content (AvgIpc) is 3.35. The lowest BCUT2D eigenvalue weighted by Crippen LogP contribution is -2.29. The second-order valence-corrected chi connectivity index (χ2v) is 8.43. The molecule has 0 amide bonds. The summed E-state index contributed by atoms with van der Waals surface area (Å²) in [6.07, 6.45) is 3.64. The summed E-state index contributed by atoms with van der Waals surface area (Å²) in [6.45, 7) is 4.25. The summed E-state index contributed by atoms with van der Waals surface area (Å²) in [5.74, 6) is 1.68. The Morgan fingerprint density at radius 1 is 0.939 bits per heavy atom. The number of pyridine rings is 2. The third-order valence-electron chi connectivity index (χ3n) is 6.10. The van der Waals surface area contributed by atoms with Gasteiger partial charge in [0.2, 0.25) is 0 Å². The van der Waals surface area contributed by atoms with Gasteiger partial charge in [-0.2, -0.15) is 0 Å². The summed E-state index contributed by atoms with van der Waals surface area (Å²) in [5.41, 5.74) is 5.32. The number of nitrogens with zero attached hydrogens (tertiary/aromatic N) is 4. The molecule has 0 spiro atoms. The van der Waals surface area contributed by atoms with Crippen LogP contribution in [0.1, 0.15) is 34.7 Å². The number of benzene rings is 1. The van der Waals surface area contributed by atoms with E-state index in [1.165, 1.54) is 5.56 Å². The summed E-state index contributed by atoms with van der Waals surface area (Å²) < 4.78 is 7.68. The van der Waals surface area contributed by atoms with Gasteiger partial charge in [0, 0.05) is 35.5 Å². The van der Waals surface area contributed by atoms with Crippen LogP contribution in [-0.4, -0.2) is 26.8 Å². The molecule has 1 aliphatic rings. The normalized spacial score (nSPS) is 17.8. The van der Waals surface area contributed by atoms with E-state index in [9.17, 15) is 0 Å². The van der Waals surface area contributed by atoms with Crippen molar-refractivity contribution in [1.82, 2.24) is 19.9 Å². The van der Waals surface area contributed by atoms with Crippen molar-refractivity contribution in [3.8, 4) is 11.6 Å². The molecule has 3 aromatic heterocycles. The van der Waals surface area contributed by atoms with Crippen molar-refractivity contribution in [3.63, 3.8) is 0 Å². The molecule has 166 valence electrons. The van der Waals surface area contributed by atoms with E-state index >= 15 is 0 Å². The van der Waals surface area contributed by atoms with Crippen molar-refractivity contribution in [2.75, 3.05) is 12.0 Å². The molecule has 4 heterocycles. The predicted molar refractivity (Wildman–Crippen MR) is 134 cm³/mol. The zero-order valence-electron chi connectivity index (χ0n) is 18.8. The highest BCUT2D eigenvalue weighted by atomic mass is 32.1. The first-order chi connectivity index (χ1) is 16.1. The smallest absolute Gasteiger partial charge is 0.174 e. The number of anilines is 1. The minimum Gasteiger partial charge on any atom is -0.497 e. The molecule has 6 nitrogen and oxygen atoms in total. The number of nitrogens with one attached hydrogen (secondary N) is 1. The van der Waals surface area contributed by atoms with Gasteiger partial charge in [0.25, 0.3) is 0 Å². The van der Waals surface area contributed by atoms with Crippen LogP contribution in [0.4, 0.5) is 5.69 Å². The van der Waals surface area contributed by atoms with Gasteiger partial charge in [-0.3, -0.25) is 4.98 Å². The van der Waals surface area contributed by atoms with E-state index in [0.717, 1.165) is 34.3 Å². The van der Waals surface area contributed by atoms with Crippen LogP contribution in [0.5, 0.6) is 5.75 Å². The maximum atomic E-state index is 5.86. The molecular weight excluding hydrogens is 430 g/mol. The SMILES string of the molecule is COc1cccc(N2C(=S)N[C@H](c3ccccn3)[C@H]2c2cc(C)n(-c3ccccn3)c2C)c1. The molecule has 4 aromatic rings. The molecule has 1 aromatic carbocycles. The van der Waals surface area contributed by atoms with Crippen molar-refractivity contribution in [1.29, 1.82) is 0 Å². The zero-order chi connectivity index (χ0) is 22.9. The van der Waals surface area contributed by atoms with Crippen molar-refractivity contribution < 1.29 is 4.74 Å². The van der Waals surface area contributed by atoms with Gasteiger partial charge >= 0.3 is 0 Å². The Hall–Kier alpha value is -3.71. The maximum Gasteiger partial charge on any atom is 0.174 e. The summed E-state index contributed by atoms with van der Waals surface area (Å²) in [6, 6.07) is 22.0. The summed E-state index contributed by atoms with van der Waals surface area (Å²) in [4.78, 5) is 11.4. The first-order valence-electron chi connectivity index (χ1n) is 10.8. The summed E-state index contributed by atoms with van der Waals surface area (Å²) >= 11 is 5.86. The number of aryl methyl sites for hydroxylation is 1. The van der Waals surface area contributed by atoms with Gasteiger partial charge in [-0.05, 0) is 74.1 Å². The van der Waals surface area contributed by atoms with Crippen LogP contribution in [0.25, 0.3) is 5.82 Å². The van der Waals surface area contributed by atoms with Crippen LogP contribution in [0, 0.1) is 13.8 Å². The fraction of sp³-hybridized carbons (Fsp3) is 0.192. The van der Waals surface area contributed by atoms with E-state index in [0.29, 0.717) is 5.11 Å². The van der Waals surface area contributed by atoms with Gasteiger partial charge in [0.1, 0.15) is 11.6 Å². The van der Waals surface area contributed by atoms with Crippen LogP contribution >= 0.6 is 12.2 Å². The molecule has 0 unspecified atom stereocenters. The first-order valence-corrected chi connectivity index (χ1v) is 11.2.